The first-order valence-corrected chi connectivity index (χ1v) is 11.7. The van der Waals surface area contributed by atoms with Crippen molar-refractivity contribution in [3.63, 3.8) is 0 Å². The average molecular weight is 456 g/mol. The monoisotopic (exact) mass is 455 g/mol. The highest BCUT2D eigenvalue weighted by molar-refractivity contribution is 5.30. The molecule has 4 aromatic rings. The van der Waals surface area contributed by atoms with Crippen molar-refractivity contribution in [2.24, 2.45) is 0 Å². The zero-order valence-corrected chi connectivity index (χ0v) is 19.3. The molecule has 1 fully saturated rings. The summed E-state index contributed by atoms with van der Waals surface area (Å²) >= 11 is 0. The van der Waals surface area contributed by atoms with Gasteiger partial charge < -0.3 is 9.73 Å². The average Bonchev–Trinajstić information content (AvgIpc) is 3.46. The molecule has 5 rings (SSSR count). The zero-order valence-electron chi connectivity index (χ0n) is 19.3. The molecule has 0 unspecified atom stereocenters. The first kappa shape index (κ1) is 22.1. The van der Waals surface area contributed by atoms with Crippen LogP contribution in [0.3, 0.4) is 0 Å². The number of hydrogen-bond donors (Lipinski definition) is 2. The van der Waals surface area contributed by atoms with Crippen LogP contribution < -0.4 is 10.9 Å². The summed E-state index contributed by atoms with van der Waals surface area (Å²) in [6.45, 7) is 5.15. The summed E-state index contributed by atoms with van der Waals surface area (Å²) in [6, 6.07) is 20.1. The minimum Gasteiger partial charge on any atom is -0.466 e. The van der Waals surface area contributed by atoms with Crippen molar-refractivity contribution in [2.75, 3.05) is 25.0 Å². The summed E-state index contributed by atoms with van der Waals surface area (Å²) in [7, 11) is 0. The Balaban J connectivity index is 1.36. The maximum absolute atomic E-state index is 12.5. The highest BCUT2D eigenvalue weighted by Gasteiger charge is 2.38. The van der Waals surface area contributed by atoms with Gasteiger partial charge in [0, 0.05) is 56.5 Å². The Bertz CT molecular complexity index is 1270. The fourth-order valence-corrected chi connectivity index (χ4v) is 4.72. The van der Waals surface area contributed by atoms with Gasteiger partial charge in [-0.3, -0.25) is 19.7 Å². The minimum absolute atomic E-state index is 0.0670. The van der Waals surface area contributed by atoms with Gasteiger partial charge in [-0.15, -0.1) is 0 Å². The second-order valence-electron chi connectivity index (χ2n) is 8.89. The van der Waals surface area contributed by atoms with E-state index in [2.05, 4.69) is 50.5 Å². The Morgan fingerprint density at radius 2 is 1.82 bits per heavy atom. The van der Waals surface area contributed by atoms with Crippen molar-refractivity contribution in [1.29, 1.82) is 0 Å². The van der Waals surface area contributed by atoms with Gasteiger partial charge in [0.25, 0.3) is 5.56 Å². The zero-order chi connectivity index (χ0) is 23.3. The van der Waals surface area contributed by atoms with Crippen LogP contribution in [0.15, 0.2) is 82.3 Å². The summed E-state index contributed by atoms with van der Waals surface area (Å²) in [5.74, 6) is 2.56. The molecule has 4 heterocycles. The van der Waals surface area contributed by atoms with E-state index in [9.17, 15) is 4.79 Å². The van der Waals surface area contributed by atoms with E-state index in [1.165, 1.54) is 11.1 Å². The van der Waals surface area contributed by atoms with Gasteiger partial charge in [-0.1, -0.05) is 30.3 Å². The molecule has 2 N–H and O–H groups in total. The number of aryl methyl sites for hydroxylation is 1. The number of anilines is 1. The molecule has 7 nitrogen and oxygen atoms in total. The number of H-pyrrole nitrogens is 1. The van der Waals surface area contributed by atoms with Crippen molar-refractivity contribution in [3.05, 3.63) is 112 Å². The lowest BCUT2D eigenvalue weighted by Gasteiger charge is -2.17. The van der Waals surface area contributed by atoms with Crippen LogP contribution in [0, 0.1) is 6.92 Å². The number of furan rings is 1. The van der Waals surface area contributed by atoms with Gasteiger partial charge in [-0.05, 0) is 48.7 Å². The molecule has 1 aromatic carbocycles. The molecule has 0 bridgehead atoms. The molecular weight excluding hydrogens is 426 g/mol. The summed E-state index contributed by atoms with van der Waals surface area (Å²) < 4.78 is 6.03. The number of benzene rings is 1. The number of rotatable bonds is 8. The van der Waals surface area contributed by atoms with Crippen LogP contribution in [0.2, 0.25) is 0 Å². The molecule has 0 radical (unpaired) electrons. The van der Waals surface area contributed by atoms with Gasteiger partial charge in [0.05, 0.1) is 5.69 Å². The first-order valence-electron chi connectivity index (χ1n) is 11.7. The smallest absolute Gasteiger partial charge is 0.252 e. The molecule has 1 saturated heterocycles. The van der Waals surface area contributed by atoms with Gasteiger partial charge in [0.1, 0.15) is 11.5 Å². The molecule has 34 heavy (non-hydrogen) atoms. The summed E-state index contributed by atoms with van der Waals surface area (Å²) in [4.78, 5) is 26.7. The largest absolute Gasteiger partial charge is 0.466 e. The SMILES string of the molecule is Cc1ccc([C@@H]2CN(Cc3ccccc3)C[C@H]2c2cc(=O)[nH]c(NCCc3ccncc3)n2)o1. The Hall–Kier alpha value is -3.71. The molecular formula is C27H29N5O2. The molecule has 174 valence electrons. The lowest BCUT2D eigenvalue weighted by atomic mass is 9.90. The first-order chi connectivity index (χ1) is 16.6. The topological polar surface area (TPSA) is 87.0 Å². The van der Waals surface area contributed by atoms with E-state index in [1.54, 1.807) is 18.5 Å². The van der Waals surface area contributed by atoms with Crippen LogP contribution in [0.25, 0.3) is 0 Å². The van der Waals surface area contributed by atoms with E-state index in [0.29, 0.717) is 12.5 Å². The van der Waals surface area contributed by atoms with Crippen molar-refractivity contribution >= 4 is 5.95 Å². The Morgan fingerprint density at radius 1 is 1.03 bits per heavy atom. The molecule has 1 aliphatic heterocycles. The van der Waals surface area contributed by atoms with Crippen molar-refractivity contribution in [3.8, 4) is 0 Å². The van der Waals surface area contributed by atoms with Crippen molar-refractivity contribution < 1.29 is 4.42 Å². The Kier molecular flexibility index (Phi) is 6.53. The fraction of sp³-hybridized carbons (Fsp3) is 0.296. The third-order valence-corrected chi connectivity index (χ3v) is 6.37. The van der Waals surface area contributed by atoms with Gasteiger partial charge >= 0.3 is 0 Å². The van der Waals surface area contributed by atoms with E-state index >= 15 is 0 Å². The van der Waals surface area contributed by atoms with Gasteiger partial charge in [0.15, 0.2) is 0 Å². The third-order valence-electron chi connectivity index (χ3n) is 6.37. The second kappa shape index (κ2) is 10.1. The predicted molar refractivity (Wildman–Crippen MR) is 132 cm³/mol. The number of likely N-dealkylation sites (tertiary alicyclic amines) is 1. The number of aromatic amines is 1. The lowest BCUT2D eigenvalue weighted by molar-refractivity contribution is 0.319. The normalized spacial score (nSPS) is 18.3. The molecule has 7 heteroatoms. The molecule has 3 aromatic heterocycles. The Labute approximate surface area is 198 Å². The highest BCUT2D eigenvalue weighted by Crippen LogP contribution is 2.40. The van der Waals surface area contributed by atoms with Gasteiger partial charge in [0.2, 0.25) is 5.95 Å². The second-order valence-corrected chi connectivity index (χ2v) is 8.89. The van der Waals surface area contributed by atoms with Crippen LogP contribution in [0.4, 0.5) is 5.95 Å². The number of pyridine rings is 1. The standard InChI is InChI=1S/C27H29N5O2/c1-19-7-8-25(34-19)23-18-32(16-21-5-3-2-4-6-21)17-22(23)24-15-26(33)31-27(30-24)29-14-11-20-9-12-28-13-10-20/h2-10,12-13,15,22-23H,11,14,16-18H2,1H3,(H2,29,30,31,33)/t22-,23-/m1/s1. The van der Waals surface area contributed by atoms with Crippen LogP contribution in [0.1, 0.15) is 40.2 Å². The number of aromatic nitrogens is 3. The van der Waals surface area contributed by atoms with Crippen LogP contribution in [0.5, 0.6) is 0 Å². The maximum Gasteiger partial charge on any atom is 0.252 e. The van der Waals surface area contributed by atoms with Gasteiger partial charge in [-0.25, -0.2) is 4.98 Å². The summed E-state index contributed by atoms with van der Waals surface area (Å²) in [5.41, 5.74) is 3.11. The van der Waals surface area contributed by atoms with Crippen LogP contribution in [-0.4, -0.2) is 39.5 Å². The number of nitrogens with zero attached hydrogens (tertiary/aromatic N) is 3. The van der Waals surface area contributed by atoms with Crippen molar-refractivity contribution in [2.45, 2.75) is 31.7 Å². The molecule has 0 amide bonds. The minimum atomic E-state index is -0.146. The summed E-state index contributed by atoms with van der Waals surface area (Å²) in [6.07, 6.45) is 4.39. The number of hydrogen-bond acceptors (Lipinski definition) is 6. The fourth-order valence-electron chi connectivity index (χ4n) is 4.72. The van der Waals surface area contributed by atoms with E-state index < -0.39 is 0 Å². The van der Waals surface area contributed by atoms with Crippen LogP contribution in [-0.2, 0) is 13.0 Å². The van der Waals surface area contributed by atoms with E-state index in [-0.39, 0.29) is 17.4 Å². The predicted octanol–water partition coefficient (Wildman–Crippen LogP) is 4.10. The lowest BCUT2D eigenvalue weighted by Crippen LogP contribution is -2.21. The van der Waals surface area contributed by atoms with Gasteiger partial charge in [-0.2, -0.15) is 0 Å². The van der Waals surface area contributed by atoms with E-state index in [4.69, 9.17) is 9.40 Å². The maximum atomic E-state index is 12.5. The van der Waals surface area contributed by atoms with Crippen LogP contribution >= 0.6 is 0 Å². The van der Waals surface area contributed by atoms with Crippen molar-refractivity contribution in [1.82, 2.24) is 19.9 Å². The molecule has 0 saturated carbocycles. The highest BCUT2D eigenvalue weighted by atomic mass is 16.3. The summed E-state index contributed by atoms with van der Waals surface area (Å²) in [5, 5.41) is 3.28. The molecule has 0 spiro atoms. The number of nitrogens with one attached hydrogen (secondary N) is 2. The third kappa shape index (κ3) is 5.26. The molecule has 1 aliphatic rings. The van der Waals surface area contributed by atoms with E-state index in [1.807, 2.05) is 31.2 Å². The van der Waals surface area contributed by atoms with E-state index in [0.717, 1.165) is 43.3 Å². The molecule has 2 atom stereocenters. The quantitative estimate of drug-likeness (QED) is 0.416. The molecule has 0 aliphatic carbocycles. The Morgan fingerprint density at radius 3 is 2.59 bits per heavy atom.